The Morgan fingerprint density at radius 3 is 2.52 bits per heavy atom. The van der Waals surface area contributed by atoms with Crippen LogP contribution in [0, 0.1) is 0 Å². The van der Waals surface area contributed by atoms with E-state index >= 15 is 0 Å². The minimum Gasteiger partial charge on any atom is -0.436 e. The van der Waals surface area contributed by atoms with Gasteiger partial charge in [0.1, 0.15) is 5.52 Å². The van der Waals surface area contributed by atoms with Crippen LogP contribution in [0.2, 0.25) is 5.02 Å². The van der Waals surface area contributed by atoms with Gasteiger partial charge in [0.05, 0.1) is 0 Å². The first-order valence-corrected chi connectivity index (χ1v) is 11.9. The molecule has 33 heavy (non-hydrogen) atoms. The van der Waals surface area contributed by atoms with Crippen LogP contribution in [-0.4, -0.2) is 4.98 Å². The molecule has 0 aliphatic rings. The van der Waals surface area contributed by atoms with E-state index in [1.165, 1.54) is 20.3 Å². The Labute approximate surface area is 198 Å². The van der Waals surface area contributed by atoms with Gasteiger partial charge in [0.15, 0.2) is 5.58 Å². The number of thiophene rings is 1. The number of fused-ring (bicyclic) bond motifs is 6. The monoisotopic (exact) mass is 461 g/mol. The van der Waals surface area contributed by atoms with E-state index in [-0.39, 0.29) is 0 Å². The van der Waals surface area contributed by atoms with Crippen molar-refractivity contribution in [2.45, 2.75) is 0 Å². The zero-order chi connectivity index (χ0) is 21.9. The fourth-order valence-corrected chi connectivity index (χ4v) is 6.23. The number of rotatable bonds is 2. The van der Waals surface area contributed by atoms with Crippen molar-refractivity contribution in [2.24, 2.45) is 0 Å². The topological polar surface area (TPSA) is 26.0 Å². The van der Waals surface area contributed by atoms with Crippen molar-refractivity contribution in [1.29, 1.82) is 0 Å². The molecule has 0 radical (unpaired) electrons. The average molecular weight is 462 g/mol. The fourth-order valence-electron chi connectivity index (χ4n) is 4.64. The lowest BCUT2D eigenvalue weighted by Crippen LogP contribution is -1.82. The van der Waals surface area contributed by atoms with Crippen LogP contribution >= 0.6 is 22.9 Å². The molecule has 0 bridgehead atoms. The number of benzene rings is 5. The van der Waals surface area contributed by atoms with Crippen LogP contribution in [0.5, 0.6) is 0 Å². The number of oxazole rings is 1. The van der Waals surface area contributed by atoms with Gasteiger partial charge in [-0.2, -0.15) is 0 Å². The second kappa shape index (κ2) is 7.17. The van der Waals surface area contributed by atoms with E-state index in [9.17, 15) is 0 Å². The Bertz CT molecular complexity index is 1850. The van der Waals surface area contributed by atoms with Crippen molar-refractivity contribution in [2.75, 3.05) is 0 Å². The van der Waals surface area contributed by atoms with Crippen molar-refractivity contribution < 1.29 is 4.42 Å². The molecule has 0 saturated heterocycles. The molecule has 0 amide bonds. The first-order valence-electron chi connectivity index (χ1n) is 10.8. The summed E-state index contributed by atoms with van der Waals surface area (Å²) in [6.45, 7) is 0. The largest absolute Gasteiger partial charge is 0.436 e. The molecule has 0 aliphatic heterocycles. The fraction of sp³-hybridized carbons (Fsp3) is 0. The van der Waals surface area contributed by atoms with E-state index in [0.29, 0.717) is 5.89 Å². The van der Waals surface area contributed by atoms with Crippen LogP contribution < -0.4 is 0 Å². The first-order chi connectivity index (χ1) is 16.3. The zero-order valence-corrected chi connectivity index (χ0v) is 19.0. The smallest absolute Gasteiger partial charge is 0.227 e. The Balaban J connectivity index is 1.42. The van der Waals surface area contributed by atoms with E-state index in [1.54, 1.807) is 11.3 Å². The third kappa shape index (κ3) is 2.90. The summed E-state index contributed by atoms with van der Waals surface area (Å²) in [7, 11) is 0. The molecule has 0 fully saturated rings. The zero-order valence-electron chi connectivity index (χ0n) is 17.4. The highest BCUT2D eigenvalue weighted by Gasteiger charge is 2.15. The van der Waals surface area contributed by atoms with Gasteiger partial charge in [-0.15, -0.1) is 11.3 Å². The van der Waals surface area contributed by atoms with Crippen molar-refractivity contribution in [3.63, 3.8) is 0 Å². The van der Waals surface area contributed by atoms with Crippen LogP contribution in [0.15, 0.2) is 101 Å². The normalized spacial score (nSPS) is 11.8. The highest BCUT2D eigenvalue weighted by molar-refractivity contribution is 7.26. The summed E-state index contributed by atoms with van der Waals surface area (Å²) in [5.74, 6) is 0.634. The Morgan fingerprint density at radius 1 is 0.727 bits per heavy atom. The van der Waals surface area contributed by atoms with Gasteiger partial charge < -0.3 is 4.42 Å². The molecule has 7 rings (SSSR count). The van der Waals surface area contributed by atoms with Gasteiger partial charge in [0.25, 0.3) is 0 Å². The lowest BCUT2D eigenvalue weighted by Gasteiger charge is -2.05. The number of hydrogen-bond acceptors (Lipinski definition) is 3. The summed E-state index contributed by atoms with van der Waals surface area (Å²) >= 11 is 8.33. The molecule has 0 aliphatic carbocycles. The SMILES string of the molecule is Clc1cccc2sc3c(-c4cccc(-c5nc6c(ccc7ccccc76)o5)c4)cccc3c12. The molecule has 0 spiro atoms. The average Bonchev–Trinajstić information content (AvgIpc) is 3.47. The third-order valence-corrected chi connectivity index (χ3v) is 7.69. The maximum absolute atomic E-state index is 6.55. The molecular weight excluding hydrogens is 446 g/mol. The molecule has 156 valence electrons. The van der Waals surface area contributed by atoms with Crippen LogP contribution in [0.1, 0.15) is 0 Å². The molecule has 2 heterocycles. The first kappa shape index (κ1) is 18.9. The lowest BCUT2D eigenvalue weighted by molar-refractivity contribution is 0.620. The molecule has 0 N–H and O–H groups in total. The summed E-state index contributed by atoms with van der Waals surface area (Å²) in [4.78, 5) is 4.87. The summed E-state index contributed by atoms with van der Waals surface area (Å²) in [6.07, 6.45) is 0. The molecular formula is C29H16ClNOS. The van der Waals surface area contributed by atoms with Crippen LogP contribution in [-0.2, 0) is 0 Å². The molecule has 2 aromatic heterocycles. The van der Waals surface area contributed by atoms with Crippen molar-refractivity contribution in [1.82, 2.24) is 4.98 Å². The predicted molar refractivity (Wildman–Crippen MR) is 140 cm³/mol. The highest BCUT2D eigenvalue weighted by Crippen LogP contribution is 2.43. The van der Waals surface area contributed by atoms with Crippen LogP contribution in [0.4, 0.5) is 0 Å². The Kier molecular flexibility index (Phi) is 4.10. The van der Waals surface area contributed by atoms with Crippen molar-refractivity contribution in [3.05, 3.63) is 102 Å². The van der Waals surface area contributed by atoms with Crippen LogP contribution in [0.3, 0.4) is 0 Å². The second-order valence-corrected chi connectivity index (χ2v) is 9.59. The van der Waals surface area contributed by atoms with E-state index in [1.807, 2.05) is 30.3 Å². The highest BCUT2D eigenvalue weighted by atomic mass is 35.5. The minimum absolute atomic E-state index is 0.634. The molecule has 5 aromatic carbocycles. The van der Waals surface area contributed by atoms with Gasteiger partial charge in [-0.1, -0.05) is 78.3 Å². The summed E-state index contributed by atoms with van der Waals surface area (Å²) in [6, 6.07) is 33.3. The maximum atomic E-state index is 6.55. The molecule has 2 nitrogen and oxygen atoms in total. The maximum Gasteiger partial charge on any atom is 0.227 e. The van der Waals surface area contributed by atoms with Gasteiger partial charge in [-0.05, 0) is 46.8 Å². The van der Waals surface area contributed by atoms with Gasteiger partial charge in [0, 0.05) is 36.1 Å². The predicted octanol–water partition coefficient (Wildman–Crippen LogP) is 9.34. The third-order valence-electron chi connectivity index (χ3n) is 6.18. The quantitative estimate of drug-likeness (QED) is 0.256. The van der Waals surface area contributed by atoms with Gasteiger partial charge in [0.2, 0.25) is 5.89 Å². The molecule has 0 atom stereocenters. The van der Waals surface area contributed by atoms with E-state index in [4.69, 9.17) is 21.0 Å². The van der Waals surface area contributed by atoms with Crippen molar-refractivity contribution in [3.8, 4) is 22.6 Å². The second-order valence-electron chi connectivity index (χ2n) is 8.13. The van der Waals surface area contributed by atoms with E-state index in [2.05, 4.69) is 66.7 Å². The minimum atomic E-state index is 0.634. The van der Waals surface area contributed by atoms with Gasteiger partial charge in [-0.25, -0.2) is 4.98 Å². The summed E-state index contributed by atoms with van der Waals surface area (Å²) < 4.78 is 8.62. The molecule has 0 unspecified atom stereocenters. The molecule has 4 heteroatoms. The molecule has 0 saturated carbocycles. The van der Waals surface area contributed by atoms with Crippen LogP contribution in [0.25, 0.3) is 64.6 Å². The van der Waals surface area contributed by atoms with Gasteiger partial charge in [-0.3, -0.25) is 0 Å². The number of hydrogen-bond donors (Lipinski definition) is 0. The number of halogens is 1. The lowest BCUT2D eigenvalue weighted by atomic mass is 10.0. The van der Waals surface area contributed by atoms with Crippen molar-refractivity contribution >= 4 is 65.0 Å². The number of nitrogens with zero attached hydrogens (tertiary/aromatic N) is 1. The standard InChI is InChI=1S/C29H16ClNOS/c30-23-12-5-13-25-26(23)22-11-4-10-21(28(22)33-25)18-7-3-8-19(16-18)29-31-27-20-9-2-1-6-17(20)14-15-24(27)32-29/h1-16H. The Hall–Kier alpha value is -3.66. The summed E-state index contributed by atoms with van der Waals surface area (Å²) in [5.41, 5.74) is 4.98. The summed E-state index contributed by atoms with van der Waals surface area (Å²) in [5, 5.41) is 5.38. The van der Waals surface area contributed by atoms with E-state index in [0.717, 1.165) is 43.4 Å². The van der Waals surface area contributed by atoms with E-state index < -0.39 is 0 Å². The molecule has 7 aromatic rings. The Morgan fingerprint density at radius 2 is 1.55 bits per heavy atom. The number of aromatic nitrogens is 1. The van der Waals surface area contributed by atoms with Gasteiger partial charge >= 0.3 is 0 Å².